The molecule has 2 bridgehead atoms. The summed E-state index contributed by atoms with van der Waals surface area (Å²) in [4.78, 5) is 0. The van der Waals surface area contributed by atoms with E-state index in [1.165, 1.54) is 6.42 Å². The van der Waals surface area contributed by atoms with Gasteiger partial charge >= 0.3 is 0 Å². The first-order chi connectivity index (χ1) is 8.22. The van der Waals surface area contributed by atoms with E-state index in [1.54, 1.807) is 0 Å². The van der Waals surface area contributed by atoms with Crippen molar-refractivity contribution in [1.29, 1.82) is 0 Å². The van der Waals surface area contributed by atoms with Crippen molar-refractivity contribution in [1.82, 2.24) is 0 Å². The lowest BCUT2D eigenvalue weighted by Crippen LogP contribution is -2.34. The molecule has 96 valence electrons. The summed E-state index contributed by atoms with van der Waals surface area (Å²) >= 11 is 0. The summed E-state index contributed by atoms with van der Waals surface area (Å²) < 4.78 is 5.79. The Balaban J connectivity index is 1.50. The van der Waals surface area contributed by atoms with Gasteiger partial charge in [-0.25, -0.2) is 0 Å². The lowest BCUT2D eigenvalue weighted by atomic mass is 9.92. The summed E-state index contributed by atoms with van der Waals surface area (Å²) in [6, 6.07) is 0. The Bertz CT molecular complexity index is 294. The van der Waals surface area contributed by atoms with Crippen LogP contribution in [0, 0.1) is 17.8 Å². The van der Waals surface area contributed by atoms with Crippen LogP contribution >= 0.6 is 0 Å². The van der Waals surface area contributed by atoms with Crippen molar-refractivity contribution in [2.75, 3.05) is 0 Å². The van der Waals surface area contributed by atoms with Gasteiger partial charge in [-0.2, -0.15) is 0 Å². The van der Waals surface area contributed by atoms with Crippen molar-refractivity contribution in [3.8, 4) is 0 Å². The van der Waals surface area contributed by atoms with Crippen molar-refractivity contribution in [3.63, 3.8) is 0 Å². The summed E-state index contributed by atoms with van der Waals surface area (Å²) in [7, 11) is 0. The second-order valence-corrected chi connectivity index (χ2v) is 5.90. The molecule has 2 fully saturated rings. The molecule has 0 amide bonds. The molecule has 4 atom stereocenters. The van der Waals surface area contributed by atoms with Gasteiger partial charge in [0.15, 0.2) is 6.29 Å². The van der Waals surface area contributed by atoms with Gasteiger partial charge in [-0.3, -0.25) is 0 Å². The lowest BCUT2D eigenvalue weighted by Gasteiger charge is -2.31. The molecule has 3 rings (SSSR count). The molecule has 0 aromatic heterocycles. The van der Waals surface area contributed by atoms with Crippen LogP contribution in [-0.2, 0) is 4.74 Å². The Morgan fingerprint density at radius 3 is 2.41 bits per heavy atom. The SMILES string of the molecule is OC1CCC(OC(O)C2CC3C=CC2C3)CC1. The van der Waals surface area contributed by atoms with Crippen molar-refractivity contribution in [2.24, 2.45) is 17.8 Å². The van der Waals surface area contributed by atoms with Crippen LogP contribution in [0.15, 0.2) is 12.2 Å². The quantitative estimate of drug-likeness (QED) is 0.582. The smallest absolute Gasteiger partial charge is 0.158 e. The first-order valence-corrected chi connectivity index (χ1v) is 6.92. The zero-order valence-electron chi connectivity index (χ0n) is 10.2. The number of hydrogen-bond donors (Lipinski definition) is 2. The maximum atomic E-state index is 10.2. The van der Waals surface area contributed by atoms with Gasteiger partial charge in [0.1, 0.15) is 0 Å². The van der Waals surface area contributed by atoms with Crippen LogP contribution in [0.4, 0.5) is 0 Å². The minimum atomic E-state index is -0.602. The van der Waals surface area contributed by atoms with Gasteiger partial charge in [-0.1, -0.05) is 12.2 Å². The maximum absolute atomic E-state index is 10.2. The summed E-state index contributed by atoms with van der Waals surface area (Å²) in [5.74, 6) is 1.51. The van der Waals surface area contributed by atoms with E-state index in [-0.39, 0.29) is 12.2 Å². The van der Waals surface area contributed by atoms with E-state index in [0.717, 1.165) is 32.1 Å². The molecule has 2 saturated carbocycles. The van der Waals surface area contributed by atoms with Gasteiger partial charge in [-0.05, 0) is 50.4 Å². The molecule has 0 saturated heterocycles. The van der Waals surface area contributed by atoms with Crippen LogP contribution in [0.2, 0.25) is 0 Å². The molecule has 0 radical (unpaired) electrons. The minimum absolute atomic E-state index is 0.150. The number of ether oxygens (including phenoxy) is 1. The van der Waals surface area contributed by atoms with Gasteiger partial charge in [0.25, 0.3) is 0 Å². The molecular formula is C14H22O3. The normalized spacial score (nSPS) is 46.4. The zero-order chi connectivity index (χ0) is 11.8. The average molecular weight is 238 g/mol. The second-order valence-electron chi connectivity index (χ2n) is 5.90. The van der Waals surface area contributed by atoms with Gasteiger partial charge in [0, 0.05) is 5.92 Å². The first-order valence-electron chi connectivity index (χ1n) is 6.92. The molecule has 3 nitrogen and oxygen atoms in total. The molecule has 0 aromatic rings. The minimum Gasteiger partial charge on any atom is -0.393 e. The summed E-state index contributed by atoms with van der Waals surface area (Å²) in [5.41, 5.74) is 0. The second kappa shape index (κ2) is 4.71. The largest absolute Gasteiger partial charge is 0.393 e. The summed E-state index contributed by atoms with van der Waals surface area (Å²) in [6.07, 6.45) is 9.60. The third-order valence-electron chi connectivity index (χ3n) is 4.67. The molecule has 0 aromatic carbocycles. The van der Waals surface area contributed by atoms with Crippen LogP contribution < -0.4 is 0 Å². The van der Waals surface area contributed by atoms with Gasteiger partial charge in [0.05, 0.1) is 12.2 Å². The summed E-state index contributed by atoms with van der Waals surface area (Å²) in [5, 5.41) is 19.6. The Morgan fingerprint density at radius 2 is 1.82 bits per heavy atom. The number of fused-ring (bicyclic) bond motifs is 2. The van der Waals surface area contributed by atoms with Crippen molar-refractivity contribution >= 4 is 0 Å². The van der Waals surface area contributed by atoms with E-state index in [2.05, 4.69) is 12.2 Å². The van der Waals surface area contributed by atoms with Crippen molar-refractivity contribution in [2.45, 2.75) is 57.0 Å². The van der Waals surface area contributed by atoms with E-state index < -0.39 is 6.29 Å². The summed E-state index contributed by atoms with van der Waals surface area (Å²) in [6.45, 7) is 0. The van der Waals surface area contributed by atoms with Gasteiger partial charge in [0.2, 0.25) is 0 Å². The monoisotopic (exact) mass is 238 g/mol. The van der Waals surface area contributed by atoms with E-state index in [1.807, 2.05) is 0 Å². The average Bonchev–Trinajstić information content (AvgIpc) is 2.94. The van der Waals surface area contributed by atoms with E-state index in [9.17, 15) is 10.2 Å². The molecular weight excluding hydrogens is 216 g/mol. The van der Waals surface area contributed by atoms with Crippen LogP contribution in [0.25, 0.3) is 0 Å². The molecule has 17 heavy (non-hydrogen) atoms. The number of hydrogen-bond acceptors (Lipinski definition) is 3. The Labute approximate surface area is 102 Å². The van der Waals surface area contributed by atoms with E-state index in [0.29, 0.717) is 17.8 Å². The molecule has 0 heterocycles. The predicted octanol–water partition coefficient (Wildman–Crippen LogP) is 1.84. The Morgan fingerprint density at radius 1 is 1.06 bits per heavy atom. The van der Waals surface area contributed by atoms with Crippen LogP contribution in [-0.4, -0.2) is 28.7 Å². The van der Waals surface area contributed by atoms with Crippen molar-refractivity contribution < 1.29 is 14.9 Å². The van der Waals surface area contributed by atoms with E-state index in [4.69, 9.17) is 4.74 Å². The van der Waals surface area contributed by atoms with Crippen LogP contribution in [0.3, 0.4) is 0 Å². The van der Waals surface area contributed by atoms with Gasteiger partial charge in [-0.15, -0.1) is 0 Å². The first kappa shape index (κ1) is 11.7. The Kier molecular flexibility index (Phi) is 3.24. The molecule has 3 aliphatic rings. The topological polar surface area (TPSA) is 49.7 Å². The van der Waals surface area contributed by atoms with Crippen LogP contribution in [0.5, 0.6) is 0 Å². The molecule has 3 aliphatic carbocycles. The maximum Gasteiger partial charge on any atom is 0.158 e. The highest BCUT2D eigenvalue weighted by Gasteiger charge is 2.40. The number of aliphatic hydroxyl groups excluding tert-OH is 2. The highest BCUT2D eigenvalue weighted by atomic mass is 16.6. The number of rotatable bonds is 3. The molecule has 2 N–H and O–H groups in total. The standard InChI is InChI=1S/C14H22O3/c15-11-3-5-12(6-4-11)17-14(16)13-8-9-1-2-10(13)7-9/h1-2,9-16H,3-8H2. The van der Waals surface area contributed by atoms with E-state index >= 15 is 0 Å². The predicted molar refractivity (Wildman–Crippen MR) is 64.2 cm³/mol. The zero-order valence-corrected chi connectivity index (χ0v) is 10.2. The molecule has 0 aliphatic heterocycles. The fraction of sp³-hybridized carbons (Fsp3) is 0.857. The van der Waals surface area contributed by atoms with Crippen LogP contribution in [0.1, 0.15) is 38.5 Å². The highest BCUT2D eigenvalue weighted by molar-refractivity contribution is 5.10. The van der Waals surface area contributed by atoms with Gasteiger partial charge < -0.3 is 14.9 Å². The number of allylic oxidation sites excluding steroid dienone is 2. The third-order valence-corrected chi connectivity index (χ3v) is 4.67. The lowest BCUT2D eigenvalue weighted by molar-refractivity contribution is -0.180. The molecule has 3 heteroatoms. The number of aliphatic hydroxyl groups is 2. The third kappa shape index (κ3) is 2.42. The molecule has 4 unspecified atom stereocenters. The fourth-order valence-electron chi connectivity index (χ4n) is 3.63. The van der Waals surface area contributed by atoms with Crippen molar-refractivity contribution in [3.05, 3.63) is 12.2 Å². The Hall–Kier alpha value is -0.380. The highest BCUT2D eigenvalue weighted by Crippen LogP contribution is 2.45. The fourth-order valence-corrected chi connectivity index (χ4v) is 3.63. The molecule has 0 spiro atoms.